The third-order valence-corrected chi connectivity index (χ3v) is 3.46. The van der Waals surface area contributed by atoms with Gasteiger partial charge >= 0.3 is 0 Å². The number of hydrogen-bond donors (Lipinski definition) is 1. The maximum Gasteiger partial charge on any atom is 0.271 e. The van der Waals surface area contributed by atoms with Crippen LogP contribution in [0, 0.1) is 24.2 Å². The van der Waals surface area contributed by atoms with Crippen molar-refractivity contribution in [3.05, 3.63) is 51.2 Å². The summed E-state index contributed by atoms with van der Waals surface area (Å²) in [5.41, 5.74) is -0.570. The van der Waals surface area contributed by atoms with E-state index in [9.17, 15) is 20.0 Å². The number of carbonyl (C=O) groups is 1. The number of hydrogen-bond acceptors (Lipinski definition) is 5. The highest BCUT2D eigenvalue weighted by Gasteiger charge is 2.25. The molecule has 0 aliphatic carbocycles. The molecule has 0 amide bonds. The van der Waals surface area contributed by atoms with Crippen LogP contribution in [0.15, 0.2) is 27.6 Å². The van der Waals surface area contributed by atoms with Crippen LogP contribution in [0.5, 0.6) is 5.88 Å². The Bertz CT molecular complexity index is 808. The molecule has 6 heteroatoms. The maximum absolute atomic E-state index is 12.3. The first-order valence-electron chi connectivity index (χ1n) is 6.81. The van der Waals surface area contributed by atoms with E-state index in [1.165, 1.54) is 13.2 Å². The highest BCUT2D eigenvalue weighted by atomic mass is 16.3. The maximum atomic E-state index is 12.3. The van der Waals surface area contributed by atoms with E-state index in [1.54, 1.807) is 26.0 Å². The fourth-order valence-corrected chi connectivity index (χ4v) is 2.24. The van der Waals surface area contributed by atoms with Gasteiger partial charge in [-0.15, -0.1) is 0 Å². The predicted molar refractivity (Wildman–Crippen MR) is 78.8 cm³/mol. The van der Waals surface area contributed by atoms with Crippen LogP contribution in [0.1, 0.15) is 41.1 Å². The Morgan fingerprint density at radius 1 is 1.50 bits per heavy atom. The van der Waals surface area contributed by atoms with E-state index in [-0.39, 0.29) is 34.9 Å². The van der Waals surface area contributed by atoms with Crippen molar-refractivity contribution in [2.75, 3.05) is 0 Å². The average molecular weight is 300 g/mol. The molecule has 1 N–H and O–H groups in total. The molecule has 0 fully saturated rings. The number of pyridine rings is 1. The molecule has 0 aromatic carbocycles. The molecule has 114 valence electrons. The minimum atomic E-state index is -0.644. The molecule has 2 rings (SSSR count). The lowest BCUT2D eigenvalue weighted by molar-refractivity contribution is 0.0934. The summed E-state index contributed by atoms with van der Waals surface area (Å²) < 4.78 is 6.15. The van der Waals surface area contributed by atoms with Gasteiger partial charge in [-0.2, -0.15) is 5.26 Å². The first kappa shape index (κ1) is 15.6. The molecule has 0 aliphatic rings. The Morgan fingerprint density at radius 2 is 2.18 bits per heavy atom. The summed E-state index contributed by atoms with van der Waals surface area (Å²) in [6.07, 6.45) is 1.44. The Kier molecular flexibility index (Phi) is 4.18. The van der Waals surface area contributed by atoms with Crippen LogP contribution >= 0.6 is 0 Å². The molecular weight excluding hydrogens is 284 g/mol. The number of furan rings is 1. The normalized spacial score (nSPS) is 10.7. The number of nitriles is 1. The third kappa shape index (κ3) is 2.53. The Hall–Kier alpha value is -2.81. The first-order chi connectivity index (χ1) is 10.4. The van der Waals surface area contributed by atoms with Gasteiger partial charge in [0.25, 0.3) is 5.56 Å². The zero-order valence-corrected chi connectivity index (χ0v) is 12.6. The van der Waals surface area contributed by atoms with Crippen LogP contribution in [-0.4, -0.2) is 15.5 Å². The largest absolute Gasteiger partial charge is 0.494 e. The monoisotopic (exact) mass is 300 g/mol. The molecule has 0 bridgehead atoms. The van der Waals surface area contributed by atoms with Crippen molar-refractivity contribution in [2.24, 2.45) is 5.92 Å². The second-order valence-corrected chi connectivity index (χ2v) is 5.30. The summed E-state index contributed by atoms with van der Waals surface area (Å²) in [5, 5.41) is 19.6. The van der Waals surface area contributed by atoms with Crippen molar-refractivity contribution in [1.29, 1.82) is 5.26 Å². The number of aromatic nitrogens is 1. The third-order valence-electron chi connectivity index (χ3n) is 3.46. The summed E-state index contributed by atoms with van der Waals surface area (Å²) in [6, 6.07) is 5.11. The van der Waals surface area contributed by atoms with Crippen LogP contribution in [0.4, 0.5) is 0 Å². The molecular formula is C16H16N2O4. The standard InChI is InChI=1S/C16H16N2O4/c1-9(2)14(19)13-10(3)12(7-17)15(20)18(16(13)21)8-11-5-4-6-22-11/h4-6,9,21H,8H2,1-3H3. The van der Waals surface area contributed by atoms with E-state index >= 15 is 0 Å². The topological polar surface area (TPSA) is 96.2 Å². The van der Waals surface area contributed by atoms with Crippen LogP contribution in [0.25, 0.3) is 0 Å². The van der Waals surface area contributed by atoms with Crippen molar-refractivity contribution >= 4 is 5.78 Å². The van der Waals surface area contributed by atoms with Gasteiger partial charge in [0, 0.05) is 5.92 Å². The lowest BCUT2D eigenvalue weighted by atomic mass is 9.95. The van der Waals surface area contributed by atoms with E-state index in [2.05, 4.69) is 0 Å². The number of Topliss-reactive ketones (excluding diaryl/α,β-unsaturated/α-hetero) is 1. The van der Waals surface area contributed by atoms with Crippen molar-refractivity contribution in [3.63, 3.8) is 0 Å². The van der Waals surface area contributed by atoms with Crippen molar-refractivity contribution < 1.29 is 14.3 Å². The average Bonchev–Trinajstić information content (AvgIpc) is 2.97. The van der Waals surface area contributed by atoms with Gasteiger partial charge in [0.2, 0.25) is 5.88 Å². The van der Waals surface area contributed by atoms with Gasteiger partial charge in [-0.05, 0) is 24.6 Å². The SMILES string of the molecule is Cc1c(C(=O)C(C)C)c(O)n(Cc2ccco2)c(=O)c1C#N. The number of nitrogens with zero attached hydrogens (tertiary/aromatic N) is 2. The van der Waals surface area contributed by atoms with Crippen LogP contribution in [-0.2, 0) is 6.54 Å². The zero-order valence-electron chi connectivity index (χ0n) is 12.6. The summed E-state index contributed by atoms with van der Waals surface area (Å²) in [4.78, 5) is 24.7. The molecule has 6 nitrogen and oxygen atoms in total. The van der Waals surface area contributed by atoms with E-state index in [1.807, 2.05) is 6.07 Å². The van der Waals surface area contributed by atoms with Crippen molar-refractivity contribution in [1.82, 2.24) is 4.57 Å². The predicted octanol–water partition coefficient (Wildman–Crippen LogP) is 2.21. The van der Waals surface area contributed by atoms with Crippen LogP contribution in [0.2, 0.25) is 0 Å². The lowest BCUT2D eigenvalue weighted by Crippen LogP contribution is -2.27. The lowest BCUT2D eigenvalue weighted by Gasteiger charge is -2.15. The molecule has 0 saturated heterocycles. The van der Waals surface area contributed by atoms with E-state index < -0.39 is 11.4 Å². The van der Waals surface area contributed by atoms with Gasteiger partial charge in [0.15, 0.2) is 5.78 Å². The fourth-order valence-electron chi connectivity index (χ4n) is 2.24. The molecule has 2 heterocycles. The number of aromatic hydroxyl groups is 1. The molecule has 2 aromatic rings. The van der Waals surface area contributed by atoms with Crippen molar-refractivity contribution in [3.8, 4) is 11.9 Å². The first-order valence-corrected chi connectivity index (χ1v) is 6.81. The van der Waals surface area contributed by atoms with E-state index in [4.69, 9.17) is 4.42 Å². The molecule has 0 spiro atoms. The van der Waals surface area contributed by atoms with Crippen LogP contribution < -0.4 is 5.56 Å². The van der Waals surface area contributed by atoms with E-state index in [0.29, 0.717) is 5.76 Å². The summed E-state index contributed by atoms with van der Waals surface area (Å²) >= 11 is 0. The number of ketones is 1. The highest BCUT2D eigenvalue weighted by molar-refractivity contribution is 6.01. The molecule has 0 saturated carbocycles. The number of rotatable bonds is 4. The minimum absolute atomic E-state index is 0.0118. The number of carbonyl (C=O) groups excluding carboxylic acids is 1. The Morgan fingerprint density at radius 3 is 2.68 bits per heavy atom. The molecule has 0 unspecified atom stereocenters. The molecule has 2 aromatic heterocycles. The fraction of sp³-hybridized carbons (Fsp3) is 0.312. The second kappa shape index (κ2) is 5.90. The van der Waals surface area contributed by atoms with Gasteiger partial charge in [-0.25, -0.2) is 0 Å². The quantitative estimate of drug-likeness (QED) is 0.873. The molecule has 0 aliphatic heterocycles. The Balaban J connectivity index is 2.73. The van der Waals surface area contributed by atoms with Gasteiger partial charge in [-0.3, -0.25) is 14.2 Å². The molecule has 0 atom stereocenters. The molecule has 0 radical (unpaired) electrons. The van der Waals surface area contributed by atoms with E-state index in [0.717, 1.165) is 4.57 Å². The van der Waals surface area contributed by atoms with Crippen molar-refractivity contribution in [2.45, 2.75) is 27.3 Å². The zero-order chi connectivity index (χ0) is 16.4. The summed E-state index contributed by atoms with van der Waals surface area (Å²) in [6.45, 7) is 4.82. The van der Waals surface area contributed by atoms with Gasteiger partial charge in [0.05, 0.1) is 18.4 Å². The van der Waals surface area contributed by atoms with Gasteiger partial charge < -0.3 is 9.52 Å². The van der Waals surface area contributed by atoms with Gasteiger partial charge in [0.1, 0.15) is 17.4 Å². The van der Waals surface area contributed by atoms with Crippen LogP contribution in [0.3, 0.4) is 0 Å². The summed E-state index contributed by atoms with van der Waals surface area (Å²) in [5.74, 6) is -0.685. The molecule has 22 heavy (non-hydrogen) atoms. The highest BCUT2D eigenvalue weighted by Crippen LogP contribution is 2.25. The van der Waals surface area contributed by atoms with Gasteiger partial charge in [-0.1, -0.05) is 13.8 Å². The minimum Gasteiger partial charge on any atom is -0.494 e. The Labute approximate surface area is 127 Å². The second-order valence-electron chi connectivity index (χ2n) is 5.30. The summed E-state index contributed by atoms with van der Waals surface area (Å²) in [7, 11) is 0. The smallest absolute Gasteiger partial charge is 0.271 e.